The average Bonchev–Trinajstić information content (AvgIpc) is 2.26. The number of carbonyl (C=O) groups excluding carboxylic acids is 1. The molecule has 0 saturated heterocycles. The van der Waals surface area contributed by atoms with Crippen molar-refractivity contribution in [1.29, 1.82) is 0 Å². The van der Waals surface area contributed by atoms with Crippen LogP contribution in [-0.2, 0) is 4.79 Å². The molecule has 3 nitrogen and oxygen atoms in total. The van der Waals surface area contributed by atoms with Crippen molar-refractivity contribution in [2.24, 2.45) is 11.1 Å². The molecule has 0 heterocycles. The van der Waals surface area contributed by atoms with Gasteiger partial charge in [0.05, 0.1) is 0 Å². The van der Waals surface area contributed by atoms with E-state index < -0.39 is 0 Å². The molecule has 0 aliphatic rings. The van der Waals surface area contributed by atoms with E-state index in [1.807, 2.05) is 34.7 Å². The smallest absolute Gasteiger partial charge is 0.227 e. The van der Waals surface area contributed by atoms with Crippen molar-refractivity contribution in [2.45, 2.75) is 41.0 Å². The van der Waals surface area contributed by atoms with E-state index in [4.69, 9.17) is 5.73 Å². The van der Waals surface area contributed by atoms with E-state index in [0.29, 0.717) is 13.0 Å². The van der Waals surface area contributed by atoms with Crippen LogP contribution in [0.4, 0.5) is 5.69 Å². The van der Waals surface area contributed by atoms with E-state index >= 15 is 0 Å². The second-order valence-corrected chi connectivity index (χ2v) is 6.25. The third kappa shape index (κ3) is 3.80. The Balaban J connectivity index is 3.01. The van der Waals surface area contributed by atoms with Crippen molar-refractivity contribution < 1.29 is 4.79 Å². The van der Waals surface area contributed by atoms with Gasteiger partial charge >= 0.3 is 0 Å². The van der Waals surface area contributed by atoms with Gasteiger partial charge in [-0.2, -0.15) is 0 Å². The largest absolute Gasteiger partial charge is 0.330 e. The van der Waals surface area contributed by atoms with Crippen molar-refractivity contribution in [3.63, 3.8) is 0 Å². The van der Waals surface area contributed by atoms with E-state index in [2.05, 4.69) is 19.1 Å². The van der Waals surface area contributed by atoms with Crippen LogP contribution in [0.3, 0.4) is 0 Å². The van der Waals surface area contributed by atoms with Crippen molar-refractivity contribution in [1.82, 2.24) is 0 Å². The number of carbonyl (C=O) groups is 1. The lowest BCUT2D eigenvalue weighted by Gasteiger charge is -2.27. The number of anilines is 1. The third-order valence-electron chi connectivity index (χ3n) is 3.53. The fourth-order valence-corrected chi connectivity index (χ4v) is 2.43. The number of hydrogen-bond acceptors (Lipinski definition) is 2. The molecule has 0 saturated carbocycles. The van der Waals surface area contributed by atoms with Crippen molar-refractivity contribution in [2.75, 3.05) is 18.5 Å². The van der Waals surface area contributed by atoms with Crippen LogP contribution in [0.1, 0.15) is 37.0 Å². The zero-order valence-electron chi connectivity index (χ0n) is 13.0. The van der Waals surface area contributed by atoms with Crippen LogP contribution < -0.4 is 10.6 Å². The van der Waals surface area contributed by atoms with Crippen molar-refractivity contribution in [3.05, 3.63) is 28.8 Å². The van der Waals surface area contributed by atoms with E-state index in [1.165, 1.54) is 5.56 Å². The van der Waals surface area contributed by atoms with Gasteiger partial charge in [-0.25, -0.2) is 0 Å². The minimum atomic E-state index is -0.155. The van der Waals surface area contributed by atoms with Gasteiger partial charge in [-0.3, -0.25) is 4.79 Å². The first-order valence-corrected chi connectivity index (χ1v) is 6.72. The highest BCUT2D eigenvalue weighted by Gasteiger charge is 2.24. The van der Waals surface area contributed by atoms with Crippen LogP contribution in [0.5, 0.6) is 0 Å². The van der Waals surface area contributed by atoms with E-state index in [1.54, 1.807) is 4.90 Å². The summed E-state index contributed by atoms with van der Waals surface area (Å²) in [6.07, 6.45) is 0.465. The predicted molar refractivity (Wildman–Crippen MR) is 81.5 cm³/mol. The number of hydrogen-bond donors (Lipinski definition) is 1. The number of amides is 1. The van der Waals surface area contributed by atoms with Gasteiger partial charge < -0.3 is 10.6 Å². The van der Waals surface area contributed by atoms with Gasteiger partial charge in [-0.05, 0) is 43.9 Å². The van der Waals surface area contributed by atoms with Crippen LogP contribution in [-0.4, -0.2) is 19.5 Å². The molecule has 0 aliphatic carbocycles. The summed E-state index contributed by atoms with van der Waals surface area (Å²) in [5, 5.41) is 0. The molecular weight excluding hydrogens is 236 g/mol. The Morgan fingerprint density at radius 1 is 1.21 bits per heavy atom. The van der Waals surface area contributed by atoms with Crippen LogP contribution in [0.2, 0.25) is 0 Å². The Morgan fingerprint density at radius 3 is 2.11 bits per heavy atom. The summed E-state index contributed by atoms with van der Waals surface area (Å²) in [6.45, 7) is 10.7. The Kier molecular flexibility index (Phi) is 4.75. The molecule has 0 aromatic heterocycles. The van der Waals surface area contributed by atoms with Gasteiger partial charge in [0.2, 0.25) is 5.91 Å². The Labute approximate surface area is 116 Å². The Hall–Kier alpha value is -1.35. The summed E-state index contributed by atoms with van der Waals surface area (Å²) in [5.74, 6) is 0.116. The third-order valence-corrected chi connectivity index (χ3v) is 3.53. The summed E-state index contributed by atoms with van der Waals surface area (Å²) in [7, 11) is 1.85. The van der Waals surface area contributed by atoms with E-state index in [0.717, 1.165) is 16.8 Å². The van der Waals surface area contributed by atoms with Gasteiger partial charge in [-0.1, -0.05) is 31.5 Å². The molecular formula is C16H26N2O. The minimum Gasteiger partial charge on any atom is -0.330 e. The van der Waals surface area contributed by atoms with Gasteiger partial charge in [0, 0.05) is 19.2 Å². The first-order valence-electron chi connectivity index (χ1n) is 6.72. The van der Waals surface area contributed by atoms with Crippen molar-refractivity contribution in [3.8, 4) is 0 Å². The predicted octanol–water partition coefficient (Wildman–Crippen LogP) is 2.95. The lowest BCUT2D eigenvalue weighted by atomic mass is 9.89. The molecule has 0 fully saturated rings. The summed E-state index contributed by atoms with van der Waals surface area (Å²) in [5.41, 5.74) is 10.1. The minimum absolute atomic E-state index is 0.116. The molecule has 1 rings (SSSR count). The topological polar surface area (TPSA) is 46.3 Å². The van der Waals surface area contributed by atoms with Crippen LogP contribution in [0.25, 0.3) is 0 Å². The highest BCUT2D eigenvalue weighted by molar-refractivity contribution is 5.94. The maximum absolute atomic E-state index is 12.4. The molecule has 1 aromatic carbocycles. The molecule has 0 atom stereocenters. The normalized spacial score (nSPS) is 11.5. The molecule has 1 amide bonds. The highest BCUT2D eigenvalue weighted by Crippen LogP contribution is 2.28. The molecule has 0 bridgehead atoms. The highest BCUT2D eigenvalue weighted by atomic mass is 16.2. The zero-order valence-corrected chi connectivity index (χ0v) is 13.0. The molecule has 106 valence electrons. The molecule has 3 heteroatoms. The maximum Gasteiger partial charge on any atom is 0.227 e. The Morgan fingerprint density at radius 2 is 1.68 bits per heavy atom. The van der Waals surface area contributed by atoms with E-state index in [-0.39, 0.29) is 11.3 Å². The second-order valence-electron chi connectivity index (χ2n) is 6.25. The van der Waals surface area contributed by atoms with E-state index in [9.17, 15) is 4.79 Å². The summed E-state index contributed by atoms with van der Waals surface area (Å²) < 4.78 is 0. The fourth-order valence-electron chi connectivity index (χ4n) is 2.43. The number of aryl methyl sites for hydroxylation is 3. The molecule has 19 heavy (non-hydrogen) atoms. The maximum atomic E-state index is 12.4. The lowest BCUT2D eigenvalue weighted by molar-refractivity contribution is -0.120. The SMILES string of the molecule is Cc1cc(C)c(N(C)C(=O)CC(C)(C)CN)c(C)c1. The number of nitrogens with zero attached hydrogens (tertiary/aromatic N) is 1. The standard InChI is InChI=1S/C16H26N2O/c1-11-7-12(2)15(13(3)8-11)18(6)14(19)9-16(4,5)10-17/h7-8H,9-10,17H2,1-6H3. The lowest BCUT2D eigenvalue weighted by Crippen LogP contribution is -2.35. The molecule has 2 N–H and O–H groups in total. The summed E-state index contributed by atoms with van der Waals surface area (Å²) in [4.78, 5) is 14.1. The first-order chi connectivity index (χ1) is 8.68. The number of nitrogens with two attached hydrogens (primary N) is 1. The summed E-state index contributed by atoms with van der Waals surface area (Å²) >= 11 is 0. The molecule has 1 aromatic rings. The average molecular weight is 262 g/mol. The Bertz CT molecular complexity index is 455. The fraction of sp³-hybridized carbons (Fsp3) is 0.562. The van der Waals surface area contributed by atoms with Crippen LogP contribution in [0.15, 0.2) is 12.1 Å². The molecule has 0 spiro atoms. The molecule has 0 radical (unpaired) electrons. The quantitative estimate of drug-likeness (QED) is 0.906. The van der Waals surface area contributed by atoms with Gasteiger partial charge in [0.15, 0.2) is 0 Å². The van der Waals surface area contributed by atoms with Crippen molar-refractivity contribution >= 4 is 11.6 Å². The number of benzene rings is 1. The second kappa shape index (κ2) is 5.74. The van der Waals surface area contributed by atoms with Gasteiger partial charge in [-0.15, -0.1) is 0 Å². The van der Waals surface area contributed by atoms with Crippen LogP contribution in [0, 0.1) is 26.2 Å². The van der Waals surface area contributed by atoms with Gasteiger partial charge in [0.25, 0.3) is 0 Å². The van der Waals surface area contributed by atoms with Gasteiger partial charge in [0.1, 0.15) is 0 Å². The molecule has 0 unspecified atom stereocenters. The zero-order chi connectivity index (χ0) is 14.8. The first kappa shape index (κ1) is 15.7. The number of rotatable bonds is 4. The molecule has 0 aliphatic heterocycles. The monoisotopic (exact) mass is 262 g/mol. The summed E-state index contributed by atoms with van der Waals surface area (Å²) in [6, 6.07) is 4.22. The van der Waals surface area contributed by atoms with Crippen LogP contribution >= 0.6 is 0 Å².